The number of hydrogen-bond donors (Lipinski definition) is 2. The van der Waals surface area contributed by atoms with Gasteiger partial charge in [-0.05, 0) is 102 Å². The number of nitrogens with one attached hydrogen (secondary N) is 1. The molecule has 9 nitrogen and oxygen atoms in total. The van der Waals surface area contributed by atoms with Gasteiger partial charge in [-0.1, -0.05) is 229 Å². The van der Waals surface area contributed by atoms with Crippen molar-refractivity contribution in [3.8, 4) is 0 Å². The third-order valence-corrected chi connectivity index (χ3v) is 14.4. The zero-order valence-electron chi connectivity index (χ0n) is 49.1. The molecule has 0 heterocycles. The number of likely N-dealkylation sites (N-methyl/N-ethyl adjacent to an activating group) is 1. The predicted octanol–water partition coefficient (Wildman–Crippen LogP) is 18.8. The smallest absolute Gasteiger partial charge is 0.456 e. The molecule has 10 heteroatoms. The van der Waals surface area contributed by atoms with Gasteiger partial charge in [0.2, 0.25) is 5.91 Å². The lowest BCUT2D eigenvalue weighted by atomic mass is 10.0. The topological polar surface area (TPSA) is 111 Å². The van der Waals surface area contributed by atoms with Crippen LogP contribution < -0.4 is 5.32 Å². The Balaban J connectivity index is 5.35. The van der Waals surface area contributed by atoms with Gasteiger partial charge >= 0.3 is 13.8 Å². The van der Waals surface area contributed by atoms with Gasteiger partial charge in [0.05, 0.1) is 33.8 Å². The molecule has 74 heavy (non-hydrogen) atoms. The fraction of sp³-hybridized carbons (Fsp3) is 0.781. The largest absolute Gasteiger partial charge is 0.472 e. The van der Waals surface area contributed by atoms with Crippen molar-refractivity contribution >= 4 is 19.7 Å². The van der Waals surface area contributed by atoms with Crippen molar-refractivity contribution in [1.29, 1.82) is 0 Å². The maximum Gasteiger partial charge on any atom is 0.472 e. The maximum absolute atomic E-state index is 13.5. The van der Waals surface area contributed by atoms with Crippen LogP contribution in [0.4, 0.5) is 0 Å². The summed E-state index contributed by atoms with van der Waals surface area (Å²) >= 11 is 0. The Morgan fingerprint density at radius 2 is 0.824 bits per heavy atom. The highest BCUT2D eigenvalue weighted by molar-refractivity contribution is 7.47. The first-order valence-corrected chi connectivity index (χ1v) is 32.3. The molecule has 0 fully saturated rings. The van der Waals surface area contributed by atoms with E-state index in [1.165, 1.54) is 141 Å². The van der Waals surface area contributed by atoms with Crippen LogP contribution in [0.1, 0.15) is 271 Å². The minimum absolute atomic E-state index is 0.0310. The number of unbranched alkanes of at least 4 members (excludes halogenated alkanes) is 29. The van der Waals surface area contributed by atoms with Gasteiger partial charge in [0.15, 0.2) is 0 Å². The molecular weight excluding hydrogens is 940 g/mol. The molecule has 1 amide bonds. The molecule has 0 radical (unpaired) electrons. The number of amides is 1. The second-order valence-corrected chi connectivity index (χ2v) is 23.3. The molecule has 0 saturated heterocycles. The fourth-order valence-electron chi connectivity index (χ4n) is 8.56. The fourth-order valence-corrected chi connectivity index (χ4v) is 9.30. The Kier molecular flexibility index (Phi) is 52.0. The average Bonchev–Trinajstić information content (AvgIpc) is 3.36. The highest BCUT2D eigenvalue weighted by Gasteiger charge is 2.30. The molecule has 0 aromatic carbocycles. The number of quaternary nitrogens is 1. The van der Waals surface area contributed by atoms with Crippen LogP contribution in [0.25, 0.3) is 0 Å². The first-order chi connectivity index (χ1) is 35.9. The van der Waals surface area contributed by atoms with Crippen molar-refractivity contribution < 1.29 is 37.3 Å². The first kappa shape index (κ1) is 71.5. The zero-order chi connectivity index (χ0) is 54.3. The zero-order valence-corrected chi connectivity index (χ0v) is 50.0. The Bertz CT molecular complexity index is 1500. The van der Waals surface area contributed by atoms with E-state index in [2.05, 4.69) is 86.8 Å². The number of phosphoric acid groups is 1. The van der Waals surface area contributed by atoms with E-state index < -0.39 is 20.0 Å². The highest BCUT2D eigenvalue weighted by Crippen LogP contribution is 2.43. The summed E-state index contributed by atoms with van der Waals surface area (Å²) in [4.78, 5) is 37.7. The highest BCUT2D eigenvalue weighted by atomic mass is 31.2. The van der Waals surface area contributed by atoms with Gasteiger partial charge in [0.1, 0.15) is 19.3 Å². The quantitative estimate of drug-likeness (QED) is 0.0205. The summed E-state index contributed by atoms with van der Waals surface area (Å²) in [6, 6.07) is -0.869. The first-order valence-electron chi connectivity index (χ1n) is 30.8. The van der Waals surface area contributed by atoms with Crippen LogP contribution in [0.15, 0.2) is 72.9 Å². The van der Waals surface area contributed by atoms with Gasteiger partial charge in [-0.25, -0.2) is 4.57 Å². The summed E-state index contributed by atoms with van der Waals surface area (Å²) in [5.74, 6) is -0.544. The molecule has 3 atom stereocenters. The predicted molar refractivity (Wildman–Crippen MR) is 318 cm³/mol. The molecule has 0 aliphatic rings. The lowest BCUT2D eigenvalue weighted by Crippen LogP contribution is -2.47. The van der Waals surface area contributed by atoms with E-state index >= 15 is 0 Å². The molecular formula is C64H118N2O7P+. The lowest BCUT2D eigenvalue weighted by Gasteiger charge is -2.27. The number of phosphoric ester groups is 1. The molecule has 2 N–H and O–H groups in total. The SMILES string of the molecule is CCCCC/C=C\C/C=C\C/C=C\C/C=C\CCCCCC(=O)NC(COP(=O)(O)OCC[N+](C)(C)C)C(/C=C/CCCCCCCCCCCC)OC(=O)CCCCCCCCC/C=C/CCCCCCCC. The van der Waals surface area contributed by atoms with Crippen molar-refractivity contribution in [1.82, 2.24) is 5.32 Å². The van der Waals surface area contributed by atoms with E-state index in [1.807, 2.05) is 33.3 Å². The summed E-state index contributed by atoms with van der Waals surface area (Å²) in [6.45, 7) is 6.96. The summed E-state index contributed by atoms with van der Waals surface area (Å²) in [6.07, 6.45) is 68.9. The number of rotatable bonds is 55. The monoisotopic (exact) mass is 1060 g/mol. The van der Waals surface area contributed by atoms with Gasteiger partial charge in [0.25, 0.3) is 0 Å². The Morgan fingerprint density at radius 1 is 0.473 bits per heavy atom. The second-order valence-electron chi connectivity index (χ2n) is 21.9. The minimum atomic E-state index is -4.46. The van der Waals surface area contributed by atoms with E-state index in [1.54, 1.807) is 0 Å². The van der Waals surface area contributed by atoms with Gasteiger partial charge in [-0.3, -0.25) is 18.6 Å². The van der Waals surface area contributed by atoms with Crippen molar-refractivity contribution in [2.75, 3.05) is 40.9 Å². The van der Waals surface area contributed by atoms with Gasteiger partial charge in [-0.15, -0.1) is 0 Å². The molecule has 0 aromatic heterocycles. The summed E-state index contributed by atoms with van der Waals surface area (Å²) in [5.41, 5.74) is 0. The van der Waals surface area contributed by atoms with Gasteiger partial charge in [-0.2, -0.15) is 0 Å². The van der Waals surface area contributed by atoms with E-state index in [0.29, 0.717) is 23.9 Å². The molecule has 0 bridgehead atoms. The summed E-state index contributed by atoms with van der Waals surface area (Å²) in [5, 5.41) is 3.04. The molecule has 3 unspecified atom stereocenters. The van der Waals surface area contributed by atoms with Gasteiger partial charge in [0, 0.05) is 12.8 Å². The molecule has 0 aromatic rings. The van der Waals surface area contributed by atoms with Crippen molar-refractivity contribution in [2.45, 2.75) is 283 Å². The number of allylic oxidation sites excluding steroid dienone is 11. The van der Waals surface area contributed by atoms with Crippen LogP contribution in [-0.4, -0.2) is 74.3 Å². The van der Waals surface area contributed by atoms with E-state index in [-0.39, 0.29) is 31.5 Å². The molecule has 0 rings (SSSR count). The number of carbonyl (C=O) groups is 2. The number of esters is 1. The maximum atomic E-state index is 13.5. The van der Waals surface area contributed by atoms with Crippen molar-refractivity contribution in [3.63, 3.8) is 0 Å². The molecule has 0 aliphatic heterocycles. The molecule has 0 spiro atoms. The number of hydrogen-bond acceptors (Lipinski definition) is 6. The Labute approximate surface area is 457 Å². The van der Waals surface area contributed by atoms with Crippen LogP contribution in [0.3, 0.4) is 0 Å². The molecule has 0 saturated carbocycles. The van der Waals surface area contributed by atoms with E-state index in [0.717, 1.165) is 89.9 Å². The standard InChI is InChI=1S/C64H117N2O7P/c1-7-10-13-16-19-22-25-28-30-32-33-35-36-38-41-44-47-50-53-56-63(67)65-61(60-72-74(69,70)71-59-58-66(4,5)6)62(55-52-49-46-43-40-27-24-21-18-15-12-9-3)73-64(68)57-54-51-48-45-42-39-37-34-31-29-26-23-20-17-14-11-8-2/h19,22,28-31,33,35,38,41,52,55,61-62H,7-18,20-21,23-27,32,34,36-37,39-40,42-51,53-54,56-60H2,1-6H3,(H-,65,67,69,70)/p+1/b22-19-,30-28-,31-29+,35-33-,41-38-,55-52+. The summed E-state index contributed by atoms with van der Waals surface area (Å²) < 4.78 is 30.7. The van der Waals surface area contributed by atoms with Crippen LogP contribution in [0, 0.1) is 0 Å². The average molecular weight is 1060 g/mol. The minimum Gasteiger partial charge on any atom is -0.456 e. The van der Waals surface area contributed by atoms with Crippen LogP contribution in [0.5, 0.6) is 0 Å². The number of carbonyl (C=O) groups excluding carboxylic acids is 2. The lowest BCUT2D eigenvalue weighted by molar-refractivity contribution is -0.870. The number of nitrogens with zero attached hydrogens (tertiary/aromatic N) is 1. The third kappa shape index (κ3) is 54.2. The molecule has 0 aliphatic carbocycles. The third-order valence-electron chi connectivity index (χ3n) is 13.4. The van der Waals surface area contributed by atoms with E-state index in [4.69, 9.17) is 13.8 Å². The van der Waals surface area contributed by atoms with Crippen molar-refractivity contribution in [2.24, 2.45) is 0 Å². The molecule has 430 valence electrons. The Morgan fingerprint density at radius 3 is 1.28 bits per heavy atom. The van der Waals surface area contributed by atoms with Crippen LogP contribution in [-0.2, 0) is 27.9 Å². The van der Waals surface area contributed by atoms with Crippen molar-refractivity contribution in [3.05, 3.63) is 72.9 Å². The van der Waals surface area contributed by atoms with Gasteiger partial charge < -0.3 is 19.4 Å². The van der Waals surface area contributed by atoms with Crippen LogP contribution >= 0.6 is 7.82 Å². The normalized spacial score (nSPS) is 14.2. The summed E-state index contributed by atoms with van der Waals surface area (Å²) in [7, 11) is 1.47. The van der Waals surface area contributed by atoms with Crippen LogP contribution in [0.2, 0.25) is 0 Å². The second kappa shape index (κ2) is 53.8. The number of ether oxygens (including phenoxy) is 1. The Hall–Kier alpha value is -2.55. The van der Waals surface area contributed by atoms with E-state index in [9.17, 15) is 19.0 Å².